The molecule has 102 valence electrons. The van der Waals surface area contributed by atoms with E-state index in [1.807, 2.05) is 19.1 Å². The van der Waals surface area contributed by atoms with Crippen LogP contribution < -0.4 is 11.3 Å². The Morgan fingerprint density at radius 3 is 2.68 bits per heavy atom. The van der Waals surface area contributed by atoms with Gasteiger partial charge in [-0.2, -0.15) is 0 Å². The number of nitrogens with zero attached hydrogens (tertiary/aromatic N) is 1. The molecular weight excluding hydrogens is 301 g/mol. The molecule has 0 saturated carbocycles. The number of rotatable bonds is 4. The average Bonchev–Trinajstić information content (AvgIpc) is 2.69. The lowest BCUT2D eigenvalue weighted by Crippen LogP contribution is -2.29. The molecule has 0 spiro atoms. The second-order valence-corrected chi connectivity index (χ2v) is 6.39. The maximum absolute atomic E-state index is 6.22. The molecule has 2 aromatic rings. The lowest BCUT2D eigenvalue weighted by atomic mass is 10.0. The van der Waals surface area contributed by atoms with E-state index in [4.69, 9.17) is 29.0 Å². The standard InChI is InChI=1S/C13H15Cl2N3S/c1-7-8(2)19-12(17-7)6-11(18-16)9-4-3-5-10(14)13(9)15/h3-5,11,18H,6,16H2,1-2H3. The molecule has 0 aliphatic heterocycles. The lowest BCUT2D eigenvalue weighted by Gasteiger charge is -2.17. The summed E-state index contributed by atoms with van der Waals surface area (Å²) in [5, 5.41) is 2.11. The van der Waals surface area contributed by atoms with Crippen LogP contribution in [-0.4, -0.2) is 4.98 Å². The van der Waals surface area contributed by atoms with Crippen LogP contribution >= 0.6 is 34.5 Å². The van der Waals surface area contributed by atoms with Gasteiger partial charge in [-0.05, 0) is 25.5 Å². The van der Waals surface area contributed by atoms with Gasteiger partial charge in [0.1, 0.15) is 0 Å². The van der Waals surface area contributed by atoms with E-state index in [1.54, 1.807) is 17.4 Å². The normalized spacial score (nSPS) is 12.7. The van der Waals surface area contributed by atoms with Crippen LogP contribution in [0.25, 0.3) is 0 Å². The molecule has 1 aromatic heterocycles. The van der Waals surface area contributed by atoms with E-state index in [1.165, 1.54) is 4.88 Å². The number of hydrazine groups is 1. The topological polar surface area (TPSA) is 50.9 Å². The summed E-state index contributed by atoms with van der Waals surface area (Å²) in [6.45, 7) is 4.07. The molecule has 0 fully saturated rings. The Balaban J connectivity index is 2.27. The third kappa shape index (κ3) is 3.27. The molecule has 0 radical (unpaired) electrons. The number of nitrogens with one attached hydrogen (secondary N) is 1. The molecule has 0 saturated heterocycles. The lowest BCUT2D eigenvalue weighted by molar-refractivity contribution is 0.550. The SMILES string of the molecule is Cc1nc(CC(NN)c2cccc(Cl)c2Cl)sc1C. The monoisotopic (exact) mass is 315 g/mol. The van der Waals surface area contributed by atoms with E-state index in [-0.39, 0.29) is 6.04 Å². The van der Waals surface area contributed by atoms with Gasteiger partial charge in [0.25, 0.3) is 0 Å². The van der Waals surface area contributed by atoms with Gasteiger partial charge in [0.2, 0.25) is 0 Å². The molecular formula is C13H15Cl2N3S. The van der Waals surface area contributed by atoms with E-state index in [9.17, 15) is 0 Å². The number of halogens is 2. The Morgan fingerprint density at radius 1 is 1.37 bits per heavy atom. The number of aryl methyl sites for hydroxylation is 2. The zero-order chi connectivity index (χ0) is 14.0. The van der Waals surface area contributed by atoms with Gasteiger partial charge in [0.15, 0.2) is 0 Å². The van der Waals surface area contributed by atoms with E-state index in [2.05, 4.69) is 17.3 Å². The zero-order valence-corrected chi connectivity index (χ0v) is 13.0. The first-order chi connectivity index (χ1) is 9.02. The van der Waals surface area contributed by atoms with Crippen molar-refractivity contribution >= 4 is 34.5 Å². The van der Waals surface area contributed by atoms with E-state index >= 15 is 0 Å². The Labute approximate surface area is 126 Å². The molecule has 1 heterocycles. The fourth-order valence-corrected chi connectivity index (χ4v) is 3.27. The molecule has 0 bridgehead atoms. The molecule has 19 heavy (non-hydrogen) atoms. The highest BCUT2D eigenvalue weighted by molar-refractivity contribution is 7.11. The molecule has 6 heteroatoms. The minimum atomic E-state index is -0.101. The smallest absolute Gasteiger partial charge is 0.0950 e. The van der Waals surface area contributed by atoms with Crippen LogP contribution in [0.5, 0.6) is 0 Å². The maximum Gasteiger partial charge on any atom is 0.0950 e. The van der Waals surface area contributed by atoms with Gasteiger partial charge in [-0.3, -0.25) is 11.3 Å². The highest BCUT2D eigenvalue weighted by Gasteiger charge is 2.17. The average molecular weight is 316 g/mol. The largest absolute Gasteiger partial charge is 0.271 e. The van der Waals surface area contributed by atoms with Gasteiger partial charge in [0.05, 0.1) is 26.8 Å². The highest BCUT2D eigenvalue weighted by Crippen LogP contribution is 2.32. The van der Waals surface area contributed by atoms with Gasteiger partial charge in [0, 0.05) is 11.3 Å². The van der Waals surface area contributed by atoms with Gasteiger partial charge in [-0.25, -0.2) is 4.98 Å². The summed E-state index contributed by atoms with van der Waals surface area (Å²) in [6, 6.07) is 5.45. The third-order valence-corrected chi connectivity index (χ3v) is 4.94. The summed E-state index contributed by atoms with van der Waals surface area (Å²) in [4.78, 5) is 5.75. The molecule has 1 atom stereocenters. The second kappa shape index (κ2) is 6.20. The quantitative estimate of drug-likeness (QED) is 0.666. The summed E-state index contributed by atoms with van der Waals surface area (Å²) in [5.74, 6) is 5.64. The maximum atomic E-state index is 6.22. The van der Waals surface area contributed by atoms with Crippen molar-refractivity contribution in [1.82, 2.24) is 10.4 Å². The van der Waals surface area contributed by atoms with Gasteiger partial charge in [-0.1, -0.05) is 35.3 Å². The van der Waals surface area contributed by atoms with Gasteiger partial charge >= 0.3 is 0 Å². The number of thiazole rings is 1. The summed E-state index contributed by atoms with van der Waals surface area (Å²) < 4.78 is 0. The Kier molecular flexibility index (Phi) is 4.81. The molecule has 1 unspecified atom stereocenters. The molecule has 0 aliphatic carbocycles. The van der Waals surface area contributed by atoms with Crippen molar-refractivity contribution in [2.24, 2.45) is 5.84 Å². The van der Waals surface area contributed by atoms with Crippen LogP contribution in [0.4, 0.5) is 0 Å². The number of hydrogen-bond donors (Lipinski definition) is 2. The Bertz CT molecular complexity index is 564. The number of benzene rings is 1. The number of nitrogens with two attached hydrogens (primary N) is 1. The van der Waals surface area contributed by atoms with Crippen molar-refractivity contribution < 1.29 is 0 Å². The first kappa shape index (κ1) is 14.8. The molecule has 0 amide bonds. The summed E-state index contributed by atoms with van der Waals surface area (Å²) >= 11 is 13.9. The van der Waals surface area contributed by atoms with Crippen molar-refractivity contribution in [3.8, 4) is 0 Å². The van der Waals surface area contributed by atoms with Crippen molar-refractivity contribution in [2.45, 2.75) is 26.3 Å². The van der Waals surface area contributed by atoms with Crippen LogP contribution in [0.15, 0.2) is 18.2 Å². The second-order valence-electron chi connectivity index (χ2n) is 4.32. The van der Waals surface area contributed by atoms with Crippen molar-refractivity contribution in [3.63, 3.8) is 0 Å². The summed E-state index contributed by atoms with van der Waals surface area (Å²) in [7, 11) is 0. The number of hydrogen-bond acceptors (Lipinski definition) is 4. The predicted molar refractivity (Wildman–Crippen MR) is 81.8 cm³/mol. The van der Waals surface area contributed by atoms with E-state index in [0.717, 1.165) is 16.3 Å². The summed E-state index contributed by atoms with van der Waals surface area (Å²) in [6.07, 6.45) is 0.690. The zero-order valence-electron chi connectivity index (χ0n) is 10.7. The van der Waals surface area contributed by atoms with Crippen LogP contribution in [0.2, 0.25) is 10.0 Å². The molecule has 1 aromatic carbocycles. The minimum Gasteiger partial charge on any atom is -0.271 e. The summed E-state index contributed by atoms with van der Waals surface area (Å²) in [5.41, 5.74) is 4.74. The molecule has 3 nitrogen and oxygen atoms in total. The Hall–Kier alpha value is -0.650. The fourth-order valence-electron chi connectivity index (χ4n) is 1.85. The molecule has 3 N–H and O–H groups in total. The van der Waals surface area contributed by atoms with Crippen molar-refractivity contribution in [3.05, 3.63) is 49.4 Å². The fraction of sp³-hybridized carbons (Fsp3) is 0.308. The van der Waals surface area contributed by atoms with Gasteiger partial charge in [-0.15, -0.1) is 11.3 Å². The van der Waals surface area contributed by atoms with Crippen molar-refractivity contribution in [2.75, 3.05) is 0 Å². The van der Waals surface area contributed by atoms with Gasteiger partial charge < -0.3 is 0 Å². The first-order valence-electron chi connectivity index (χ1n) is 5.86. The molecule has 0 aliphatic rings. The van der Waals surface area contributed by atoms with Crippen LogP contribution in [0, 0.1) is 13.8 Å². The first-order valence-corrected chi connectivity index (χ1v) is 7.43. The predicted octanol–water partition coefficient (Wildman–Crippen LogP) is 3.81. The van der Waals surface area contributed by atoms with E-state index in [0.29, 0.717) is 16.5 Å². The minimum absolute atomic E-state index is 0.101. The van der Waals surface area contributed by atoms with Crippen molar-refractivity contribution in [1.29, 1.82) is 0 Å². The van der Waals surface area contributed by atoms with E-state index < -0.39 is 0 Å². The van der Waals surface area contributed by atoms with Crippen LogP contribution in [0.1, 0.15) is 27.2 Å². The number of aromatic nitrogens is 1. The Morgan fingerprint density at radius 2 is 2.11 bits per heavy atom. The van der Waals surface area contributed by atoms with Crippen LogP contribution in [0.3, 0.4) is 0 Å². The third-order valence-electron chi connectivity index (χ3n) is 3.01. The van der Waals surface area contributed by atoms with Crippen LogP contribution in [-0.2, 0) is 6.42 Å². The molecule has 2 rings (SSSR count). The highest BCUT2D eigenvalue weighted by atomic mass is 35.5.